The Labute approximate surface area is 108 Å². The Morgan fingerprint density at radius 1 is 0.471 bits per heavy atom. The van der Waals surface area contributed by atoms with Crippen LogP contribution < -0.4 is 16.0 Å². The molecule has 4 nitrogen and oxygen atoms in total. The van der Waals surface area contributed by atoms with Crippen LogP contribution in [0.3, 0.4) is 0 Å². The van der Waals surface area contributed by atoms with Gasteiger partial charge in [0.05, 0.1) is 0 Å². The fourth-order valence-electron chi connectivity index (χ4n) is 1.87. The van der Waals surface area contributed by atoms with Gasteiger partial charge in [-0.2, -0.15) is 0 Å². The van der Waals surface area contributed by atoms with E-state index in [2.05, 4.69) is 25.1 Å². The van der Waals surface area contributed by atoms with Crippen molar-refractivity contribution in [3.63, 3.8) is 0 Å². The molecule has 3 N–H and O–H groups in total. The highest BCUT2D eigenvalue weighted by molar-refractivity contribution is 7.00. The van der Waals surface area contributed by atoms with Gasteiger partial charge in [0, 0.05) is 0 Å². The summed E-state index contributed by atoms with van der Waals surface area (Å²) in [6.07, 6.45) is 8.33. The molecule has 3 fully saturated rings. The van der Waals surface area contributed by atoms with Gasteiger partial charge >= 0.3 is 0 Å². The van der Waals surface area contributed by atoms with Crippen molar-refractivity contribution < 1.29 is 4.57 Å². The lowest BCUT2D eigenvalue weighted by Gasteiger charge is -1.76. The Bertz CT molecular complexity index is 91.1. The fraction of sp³-hybridized carbons (Fsp3) is 1.00. The average Bonchev–Trinajstić information content (AvgIpc) is 3.16. The molecule has 1 radical (unpaired) electrons. The van der Waals surface area contributed by atoms with Crippen molar-refractivity contribution in [2.75, 3.05) is 39.3 Å². The van der Waals surface area contributed by atoms with Crippen molar-refractivity contribution in [3.05, 3.63) is 0 Å². The van der Waals surface area contributed by atoms with Crippen molar-refractivity contribution in [2.24, 2.45) is 0 Å². The quantitative estimate of drug-likeness (QED) is 0.582. The first-order valence-corrected chi connectivity index (χ1v) is 7.17. The summed E-state index contributed by atoms with van der Waals surface area (Å²) in [7, 11) is 2.28. The largest absolute Gasteiger partial charge is 0.317 e. The molecule has 0 aromatic carbocycles. The van der Waals surface area contributed by atoms with E-state index in [1.54, 1.807) is 0 Å². The van der Waals surface area contributed by atoms with Crippen LogP contribution >= 0.6 is 9.12 Å². The summed E-state index contributed by atoms with van der Waals surface area (Å²) in [4.78, 5) is 0. The summed E-state index contributed by atoms with van der Waals surface area (Å²) in [5.74, 6) is 0. The molecule has 3 saturated heterocycles. The zero-order valence-corrected chi connectivity index (χ0v) is 11.7. The predicted octanol–water partition coefficient (Wildman–Crippen LogP) is 1.85. The molecule has 0 bridgehead atoms. The topological polar surface area (TPSA) is 53.2 Å². The van der Waals surface area contributed by atoms with Crippen LogP contribution in [0.2, 0.25) is 0 Å². The maximum Gasteiger partial charge on any atom is 0.261 e. The van der Waals surface area contributed by atoms with Gasteiger partial charge in [0.1, 0.15) is 0 Å². The van der Waals surface area contributed by atoms with E-state index in [1.807, 2.05) is 0 Å². The van der Waals surface area contributed by atoms with E-state index in [0.29, 0.717) is 0 Å². The van der Waals surface area contributed by atoms with Crippen molar-refractivity contribution in [1.29, 1.82) is 0 Å². The standard InChI is InChI=1S/3C4H9N.OP/c3*1-2-4-5-3-1;1-2/h3*5H,1-4H2;. The van der Waals surface area contributed by atoms with E-state index < -0.39 is 0 Å². The lowest BCUT2D eigenvalue weighted by molar-refractivity contribution is 0.607. The van der Waals surface area contributed by atoms with Crippen molar-refractivity contribution >= 4 is 9.12 Å². The normalized spacial score (nSPS) is 21.4. The molecule has 0 spiro atoms. The van der Waals surface area contributed by atoms with Crippen LogP contribution in [-0.2, 0) is 4.57 Å². The van der Waals surface area contributed by atoms with E-state index in [9.17, 15) is 0 Å². The smallest absolute Gasteiger partial charge is 0.261 e. The summed E-state index contributed by atoms with van der Waals surface area (Å²) in [5.41, 5.74) is 0. The Morgan fingerprint density at radius 3 is 0.706 bits per heavy atom. The van der Waals surface area contributed by atoms with Gasteiger partial charge in [-0.3, -0.25) is 4.57 Å². The minimum atomic E-state index is 1.25. The van der Waals surface area contributed by atoms with E-state index in [1.165, 1.54) is 77.8 Å². The molecule has 0 aromatic heterocycles. The fourth-order valence-corrected chi connectivity index (χ4v) is 1.87. The molecule has 0 saturated carbocycles. The molecule has 3 heterocycles. The molecule has 0 unspecified atom stereocenters. The SMILES string of the molecule is C1CCNC1.C1CCNC1.C1CCNC1.O=[P]. The molecule has 3 aliphatic heterocycles. The van der Waals surface area contributed by atoms with Crippen LogP contribution in [0.25, 0.3) is 0 Å². The molecule has 17 heavy (non-hydrogen) atoms. The van der Waals surface area contributed by atoms with Crippen LogP contribution in [0.15, 0.2) is 0 Å². The van der Waals surface area contributed by atoms with E-state index in [0.717, 1.165) is 0 Å². The third-order valence-corrected chi connectivity index (χ3v) is 2.87. The highest BCUT2D eigenvalue weighted by Gasteiger charge is 1.94. The first-order chi connectivity index (χ1) is 8.50. The minimum Gasteiger partial charge on any atom is -0.317 e. The maximum atomic E-state index is 7.94. The monoisotopic (exact) mass is 260 g/mol. The van der Waals surface area contributed by atoms with Crippen LogP contribution in [0.5, 0.6) is 0 Å². The molecular weight excluding hydrogens is 233 g/mol. The summed E-state index contributed by atoms with van der Waals surface area (Å²) in [6.45, 7) is 7.50. The van der Waals surface area contributed by atoms with Gasteiger partial charge in [0.2, 0.25) is 0 Å². The van der Waals surface area contributed by atoms with Gasteiger partial charge in [-0.15, -0.1) is 0 Å². The second-order valence-electron chi connectivity index (χ2n) is 4.37. The molecule has 3 rings (SSSR count). The predicted molar refractivity (Wildman–Crippen MR) is 73.9 cm³/mol. The van der Waals surface area contributed by atoms with Crippen molar-refractivity contribution in [1.82, 2.24) is 16.0 Å². The summed E-state index contributed by atoms with van der Waals surface area (Å²) >= 11 is 0. The zero-order valence-electron chi connectivity index (χ0n) is 10.8. The van der Waals surface area contributed by atoms with E-state index >= 15 is 0 Å². The third-order valence-electron chi connectivity index (χ3n) is 2.87. The summed E-state index contributed by atoms with van der Waals surface area (Å²) < 4.78 is 7.94. The van der Waals surface area contributed by atoms with Crippen LogP contribution in [-0.4, -0.2) is 39.3 Å². The molecule has 101 valence electrons. The average molecular weight is 260 g/mol. The Hall–Kier alpha value is -0.0200. The lowest BCUT2D eigenvalue weighted by atomic mass is 10.4. The first-order valence-electron chi connectivity index (χ1n) is 6.80. The third kappa shape index (κ3) is 13.9. The molecule has 5 heteroatoms. The van der Waals surface area contributed by atoms with E-state index in [-0.39, 0.29) is 0 Å². The van der Waals surface area contributed by atoms with Crippen molar-refractivity contribution in [3.8, 4) is 0 Å². The number of hydrogen-bond acceptors (Lipinski definition) is 4. The van der Waals surface area contributed by atoms with Crippen molar-refractivity contribution in [2.45, 2.75) is 38.5 Å². The minimum absolute atomic E-state index is 1.25. The highest BCUT2D eigenvalue weighted by Crippen LogP contribution is 1.91. The zero-order chi connectivity index (χ0) is 12.6. The van der Waals surface area contributed by atoms with Crippen LogP contribution in [0.1, 0.15) is 38.5 Å². The number of rotatable bonds is 0. The number of nitrogens with one attached hydrogen (secondary N) is 3. The van der Waals surface area contributed by atoms with Gasteiger partial charge in [-0.25, -0.2) is 0 Å². The summed E-state index contributed by atoms with van der Waals surface area (Å²) in [5, 5.41) is 9.67. The highest BCUT2D eigenvalue weighted by atomic mass is 31.0. The lowest BCUT2D eigenvalue weighted by Crippen LogP contribution is -2.03. The molecule has 3 aliphatic rings. The second-order valence-corrected chi connectivity index (χ2v) is 4.37. The maximum absolute atomic E-state index is 7.94. The Balaban J connectivity index is 0.000000211. The number of hydrogen-bond donors (Lipinski definition) is 3. The van der Waals surface area contributed by atoms with Gasteiger partial charge in [-0.05, 0) is 77.8 Å². The molecular formula is C12H27N3OP. The second kappa shape index (κ2) is 16.0. The Kier molecular flexibility index (Phi) is 16.0. The molecule has 0 aliphatic carbocycles. The van der Waals surface area contributed by atoms with E-state index in [4.69, 9.17) is 4.57 Å². The Morgan fingerprint density at radius 2 is 0.647 bits per heavy atom. The molecule has 0 atom stereocenters. The van der Waals surface area contributed by atoms with Crippen LogP contribution in [0.4, 0.5) is 0 Å². The van der Waals surface area contributed by atoms with Gasteiger partial charge in [0.15, 0.2) is 0 Å². The molecule has 0 amide bonds. The molecule has 0 aromatic rings. The summed E-state index contributed by atoms with van der Waals surface area (Å²) in [6, 6.07) is 0. The van der Waals surface area contributed by atoms with Gasteiger partial charge < -0.3 is 16.0 Å². The first kappa shape index (κ1) is 17.0. The van der Waals surface area contributed by atoms with Gasteiger partial charge in [0.25, 0.3) is 9.12 Å². The van der Waals surface area contributed by atoms with Crippen LogP contribution in [0, 0.1) is 0 Å². The van der Waals surface area contributed by atoms with Gasteiger partial charge in [-0.1, -0.05) is 0 Å².